The van der Waals surface area contributed by atoms with Gasteiger partial charge >= 0.3 is 5.97 Å². The second kappa shape index (κ2) is 6.51. The van der Waals surface area contributed by atoms with Crippen LogP contribution in [0.1, 0.15) is 36.0 Å². The van der Waals surface area contributed by atoms with Gasteiger partial charge in [-0.25, -0.2) is 0 Å². The van der Waals surface area contributed by atoms with Gasteiger partial charge in [-0.3, -0.25) is 14.7 Å². The summed E-state index contributed by atoms with van der Waals surface area (Å²) in [4.78, 5) is 21.8. The standard InChI is InChI=1S/C10H16N4O3/c11-9-7(6-13-14-9)10(17)12-5-3-1-2-4-8(15)16/h6H,1-5H2,(H,12,17)(H,15,16)(H3,11,13,14). The number of H-pyrrole nitrogens is 1. The van der Waals surface area contributed by atoms with E-state index in [1.54, 1.807) is 0 Å². The molecule has 0 saturated heterocycles. The highest BCUT2D eigenvalue weighted by Gasteiger charge is 2.10. The van der Waals surface area contributed by atoms with Gasteiger partial charge < -0.3 is 16.2 Å². The molecule has 1 heterocycles. The Morgan fingerprint density at radius 1 is 1.41 bits per heavy atom. The van der Waals surface area contributed by atoms with E-state index in [1.807, 2.05) is 0 Å². The highest BCUT2D eigenvalue weighted by molar-refractivity contribution is 5.97. The lowest BCUT2D eigenvalue weighted by molar-refractivity contribution is -0.137. The number of carbonyl (C=O) groups is 2. The molecule has 0 aliphatic heterocycles. The molecule has 5 N–H and O–H groups in total. The Kier molecular flexibility index (Phi) is 4.99. The molecule has 0 radical (unpaired) electrons. The Morgan fingerprint density at radius 2 is 2.18 bits per heavy atom. The van der Waals surface area contributed by atoms with Crippen molar-refractivity contribution in [3.63, 3.8) is 0 Å². The van der Waals surface area contributed by atoms with E-state index >= 15 is 0 Å². The summed E-state index contributed by atoms with van der Waals surface area (Å²) in [6, 6.07) is 0. The number of amides is 1. The minimum absolute atomic E-state index is 0.169. The molecule has 0 aliphatic carbocycles. The zero-order valence-electron chi connectivity index (χ0n) is 9.40. The summed E-state index contributed by atoms with van der Waals surface area (Å²) in [5, 5.41) is 17.2. The monoisotopic (exact) mass is 240 g/mol. The maximum atomic E-state index is 11.5. The molecule has 1 amide bonds. The largest absolute Gasteiger partial charge is 0.481 e. The van der Waals surface area contributed by atoms with Crippen LogP contribution in [0.4, 0.5) is 5.82 Å². The molecular weight excluding hydrogens is 224 g/mol. The van der Waals surface area contributed by atoms with Crippen molar-refractivity contribution < 1.29 is 14.7 Å². The lowest BCUT2D eigenvalue weighted by Gasteiger charge is -2.03. The number of carbonyl (C=O) groups excluding carboxylic acids is 1. The number of aliphatic carboxylic acids is 1. The SMILES string of the molecule is Nc1[nH]ncc1C(=O)NCCCCCC(=O)O. The minimum Gasteiger partial charge on any atom is -0.481 e. The molecule has 0 aliphatic rings. The average Bonchev–Trinajstić information content (AvgIpc) is 2.69. The van der Waals surface area contributed by atoms with E-state index in [9.17, 15) is 9.59 Å². The van der Waals surface area contributed by atoms with Crippen LogP contribution < -0.4 is 11.1 Å². The van der Waals surface area contributed by atoms with Crippen molar-refractivity contribution in [3.8, 4) is 0 Å². The molecule has 0 fully saturated rings. The number of aromatic nitrogens is 2. The molecule has 0 bridgehead atoms. The van der Waals surface area contributed by atoms with Gasteiger partial charge in [0.05, 0.1) is 6.20 Å². The number of nitrogen functional groups attached to an aromatic ring is 1. The fraction of sp³-hybridized carbons (Fsp3) is 0.500. The second-order valence-electron chi connectivity index (χ2n) is 3.66. The van der Waals surface area contributed by atoms with Crippen LogP contribution in [0.15, 0.2) is 6.20 Å². The quantitative estimate of drug-likeness (QED) is 0.513. The molecule has 0 aromatic carbocycles. The highest BCUT2D eigenvalue weighted by atomic mass is 16.4. The van der Waals surface area contributed by atoms with Crippen molar-refractivity contribution >= 4 is 17.7 Å². The van der Waals surface area contributed by atoms with E-state index in [1.165, 1.54) is 6.20 Å². The average molecular weight is 240 g/mol. The number of carboxylic acids is 1. The Labute approximate surface area is 98.4 Å². The number of aromatic amines is 1. The molecule has 1 aromatic rings. The molecule has 17 heavy (non-hydrogen) atoms. The molecule has 94 valence electrons. The predicted molar refractivity (Wildman–Crippen MR) is 61.4 cm³/mol. The van der Waals surface area contributed by atoms with Gasteiger partial charge in [0.25, 0.3) is 5.91 Å². The van der Waals surface area contributed by atoms with Crippen LogP contribution in [0.25, 0.3) is 0 Å². The summed E-state index contributed by atoms with van der Waals surface area (Å²) in [5.74, 6) is -0.817. The molecule has 7 heteroatoms. The Balaban J connectivity index is 2.13. The van der Waals surface area contributed by atoms with Gasteiger partial charge in [0, 0.05) is 13.0 Å². The van der Waals surface area contributed by atoms with Crippen molar-refractivity contribution in [1.82, 2.24) is 15.5 Å². The van der Waals surface area contributed by atoms with Crippen LogP contribution in [0, 0.1) is 0 Å². The molecule has 7 nitrogen and oxygen atoms in total. The van der Waals surface area contributed by atoms with Crippen LogP contribution in [0.5, 0.6) is 0 Å². The lowest BCUT2D eigenvalue weighted by atomic mass is 10.2. The molecule has 0 atom stereocenters. The van der Waals surface area contributed by atoms with Crippen LogP contribution >= 0.6 is 0 Å². The smallest absolute Gasteiger partial charge is 0.303 e. The molecule has 0 unspecified atom stereocenters. The van der Waals surface area contributed by atoms with Crippen molar-refractivity contribution in [2.24, 2.45) is 0 Å². The van der Waals surface area contributed by atoms with E-state index < -0.39 is 5.97 Å². The first-order valence-corrected chi connectivity index (χ1v) is 5.40. The number of hydrogen-bond donors (Lipinski definition) is 4. The third-order valence-corrected chi connectivity index (χ3v) is 2.27. The van der Waals surface area contributed by atoms with Crippen LogP contribution in [0.2, 0.25) is 0 Å². The maximum absolute atomic E-state index is 11.5. The maximum Gasteiger partial charge on any atom is 0.303 e. The van der Waals surface area contributed by atoms with E-state index in [0.29, 0.717) is 18.5 Å². The predicted octanol–water partition coefficient (Wildman–Crippen LogP) is 0.367. The Morgan fingerprint density at radius 3 is 2.76 bits per heavy atom. The minimum atomic E-state index is -0.791. The Hall–Kier alpha value is -2.05. The number of unbranched alkanes of at least 4 members (excludes halogenated alkanes) is 2. The van der Waals surface area contributed by atoms with Crippen molar-refractivity contribution in [2.75, 3.05) is 12.3 Å². The first kappa shape index (κ1) is 13.0. The van der Waals surface area contributed by atoms with Gasteiger partial charge in [0.1, 0.15) is 11.4 Å². The fourth-order valence-corrected chi connectivity index (χ4v) is 1.35. The van der Waals surface area contributed by atoms with E-state index in [2.05, 4.69) is 15.5 Å². The molecule has 0 spiro atoms. The number of anilines is 1. The highest BCUT2D eigenvalue weighted by Crippen LogP contribution is 2.05. The van der Waals surface area contributed by atoms with Gasteiger partial charge in [-0.05, 0) is 12.8 Å². The first-order valence-electron chi connectivity index (χ1n) is 5.40. The third-order valence-electron chi connectivity index (χ3n) is 2.27. The normalized spacial score (nSPS) is 10.1. The second-order valence-corrected chi connectivity index (χ2v) is 3.66. The van der Waals surface area contributed by atoms with Gasteiger partial charge in [-0.1, -0.05) is 6.42 Å². The van der Waals surface area contributed by atoms with E-state index in [4.69, 9.17) is 10.8 Å². The summed E-state index contributed by atoms with van der Waals surface area (Å²) < 4.78 is 0. The number of nitrogens with zero attached hydrogens (tertiary/aromatic N) is 1. The number of rotatable bonds is 7. The number of nitrogens with one attached hydrogen (secondary N) is 2. The van der Waals surface area contributed by atoms with Gasteiger partial charge in [-0.15, -0.1) is 0 Å². The fourth-order valence-electron chi connectivity index (χ4n) is 1.35. The number of hydrogen-bond acceptors (Lipinski definition) is 4. The van der Waals surface area contributed by atoms with Crippen molar-refractivity contribution in [2.45, 2.75) is 25.7 Å². The number of nitrogens with two attached hydrogens (primary N) is 1. The molecular formula is C10H16N4O3. The van der Waals surface area contributed by atoms with E-state index in [0.717, 1.165) is 12.8 Å². The van der Waals surface area contributed by atoms with Gasteiger partial charge in [0.2, 0.25) is 0 Å². The van der Waals surface area contributed by atoms with Gasteiger partial charge in [-0.2, -0.15) is 5.10 Å². The summed E-state index contributed by atoms with van der Waals surface area (Å²) >= 11 is 0. The van der Waals surface area contributed by atoms with Crippen LogP contribution in [-0.2, 0) is 4.79 Å². The molecule has 1 aromatic heterocycles. The van der Waals surface area contributed by atoms with Gasteiger partial charge in [0.15, 0.2) is 0 Å². The van der Waals surface area contributed by atoms with E-state index in [-0.39, 0.29) is 18.1 Å². The topological polar surface area (TPSA) is 121 Å². The summed E-state index contributed by atoms with van der Waals surface area (Å²) in [7, 11) is 0. The van der Waals surface area contributed by atoms with Crippen molar-refractivity contribution in [3.05, 3.63) is 11.8 Å². The summed E-state index contributed by atoms with van der Waals surface area (Å²) in [6.07, 6.45) is 3.68. The zero-order chi connectivity index (χ0) is 12.7. The lowest BCUT2D eigenvalue weighted by Crippen LogP contribution is -2.24. The molecule has 1 rings (SSSR count). The number of carboxylic acid groups (broad SMARTS) is 1. The summed E-state index contributed by atoms with van der Waals surface area (Å²) in [6.45, 7) is 0.503. The van der Waals surface area contributed by atoms with Crippen molar-refractivity contribution in [1.29, 1.82) is 0 Å². The Bertz CT molecular complexity index is 389. The summed E-state index contributed by atoms with van der Waals surface area (Å²) in [5.41, 5.74) is 5.81. The first-order chi connectivity index (χ1) is 8.11. The third kappa shape index (κ3) is 4.54. The zero-order valence-corrected chi connectivity index (χ0v) is 9.40. The van der Waals surface area contributed by atoms with Crippen LogP contribution in [-0.4, -0.2) is 33.7 Å². The molecule has 0 saturated carbocycles. The van der Waals surface area contributed by atoms with Crippen LogP contribution in [0.3, 0.4) is 0 Å².